The van der Waals surface area contributed by atoms with Gasteiger partial charge in [-0.25, -0.2) is 5.43 Å². The number of hydrogen-bond donors (Lipinski definition) is 3. The van der Waals surface area contributed by atoms with Crippen LogP contribution < -0.4 is 20.5 Å². The van der Waals surface area contributed by atoms with Crippen LogP contribution >= 0.6 is 0 Å². The third-order valence-corrected chi connectivity index (χ3v) is 12.4. The van der Waals surface area contributed by atoms with Crippen LogP contribution in [0.1, 0.15) is 83.9 Å². The lowest BCUT2D eigenvalue weighted by atomic mass is 9.96. The fourth-order valence-electron chi connectivity index (χ4n) is 5.97. The number of nitrogens with zero attached hydrogens (tertiary/aromatic N) is 1. The predicted octanol–water partition coefficient (Wildman–Crippen LogP) is 6.15. The number of hydrogen-bond acceptors (Lipinski definition) is 8. The van der Waals surface area contributed by atoms with E-state index in [1.165, 1.54) is 5.01 Å². The average Bonchev–Trinajstić information content (AvgIpc) is 3.15. The first kappa shape index (κ1) is 44.1. The highest BCUT2D eigenvalue weighted by Gasteiger charge is 2.36. The molecule has 1 aliphatic heterocycles. The van der Waals surface area contributed by atoms with Crippen LogP contribution in [0.2, 0.25) is 11.6 Å². The lowest BCUT2D eigenvalue weighted by Gasteiger charge is -2.35. The summed E-state index contributed by atoms with van der Waals surface area (Å²) in [5.41, 5.74) is 5.60. The van der Waals surface area contributed by atoms with E-state index in [-0.39, 0.29) is 36.0 Å². The fraction of sp³-hybridized carbons (Fsp3) is 0.524. The summed E-state index contributed by atoms with van der Waals surface area (Å²) in [6.45, 7) is 22.0. The van der Waals surface area contributed by atoms with E-state index in [2.05, 4.69) is 56.5 Å². The Bertz CT molecular complexity index is 1590. The standard InChI is InChI=1S/C42H61N4O7Si/c1-11-13-22-36(51-9)29(5)38(47)44-37(28(3)4)39(48)43-35(26-31-18-15-20-33(25-31)53-54(10)42(6,7)8)40(49)46-23-16-21-34(45-46)41(50)52-27-32-19-14-17-30(12-2)24-32/h11-12,14-15,17-20,24-25,28-29,34-37,45H,1-2,13,16,21-23,26-27H2,3-10H3,(H,43,48)(H,44,47)/t29-,34+,35+,36-,37+/m1/s1. The molecule has 3 rings (SSSR count). The largest absolute Gasteiger partial charge is 0.542 e. The molecule has 1 heterocycles. The second-order valence-electron chi connectivity index (χ2n) is 15.4. The zero-order valence-corrected chi connectivity index (χ0v) is 34.4. The number of rotatable bonds is 19. The summed E-state index contributed by atoms with van der Waals surface area (Å²) in [5.74, 6) is -1.81. The SMILES string of the molecule is C=CCC[C@@H](OC)[C@@H](C)C(=O)N[C@H](C(=O)N[C@@H](Cc1cccc(O[Si](C)C(C)(C)C)c1)C(=O)N1CCC[C@@H](C(=O)OCc2cccc(C=C)c2)N1)C(C)C. The minimum atomic E-state index is -1.20. The zero-order chi connectivity index (χ0) is 40.0. The number of amides is 3. The van der Waals surface area contributed by atoms with Crippen molar-refractivity contribution in [3.8, 4) is 5.75 Å². The van der Waals surface area contributed by atoms with Crippen molar-refractivity contribution in [3.63, 3.8) is 0 Å². The summed E-state index contributed by atoms with van der Waals surface area (Å²) < 4.78 is 17.6. The van der Waals surface area contributed by atoms with E-state index in [1.807, 2.05) is 62.4 Å². The zero-order valence-electron chi connectivity index (χ0n) is 33.4. The molecule has 11 nitrogen and oxygen atoms in total. The van der Waals surface area contributed by atoms with Crippen molar-refractivity contribution in [1.29, 1.82) is 0 Å². The first-order valence-corrected chi connectivity index (χ1v) is 20.8. The van der Waals surface area contributed by atoms with Gasteiger partial charge in [-0.2, -0.15) is 0 Å². The number of carbonyl (C=O) groups excluding carboxylic acids is 4. The van der Waals surface area contributed by atoms with Crippen molar-refractivity contribution in [2.24, 2.45) is 11.8 Å². The predicted molar refractivity (Wildman–Crippen MR) is 214 cm³/mol. The summed E-state index contributed by atoms with van der Waals surface area (Å²) in [7, 11) is 0.359. The van der Waals surface area contributed by atoms with Crippen LogP contribution in [-0.2, 0) is 41.7 Å². The molecule has 0 bridgehead atoms. The highest BCUT2D eigenvalue weighted by atomic mass is 28.3. The Hall–Kier alpha value is -4.26. The molecule has 1 radical (unpaired) electrons. The minimum Gasteiger partial charge on any atom is -0.542 e. The van der Waals surface area contributed by atoms with Gasteiger partial charge in [-0.3, -0.25) is 24.2 Å². The van der Waals surface area contributed by atoms with E-state index in [0.29, 0.717) is 38.0 Å². The molecule has 295 valence electrons. The molecule has 54 heavy (non-hydrogen) atoms. The van der Waals surface area contributed by atoms with Gasteiger partial charge in [0.1, 0.15) is 30.5 Å². The molecule has 3 amide bonds. The second-order valence-corrected chi connectivity index (χ2v) is 18.2. The van der Waals surface area contributed by atoms with E-state index in [9.17, 15) is 19.2 Å². The van der Waals surface area contributed by atoms with Gasteiger partial charge in [-0.15, -0.1) is 6.58 Å². The maximum absolute atomic E-state index is 14.4. The number of ether oxygens (including phenoxy) is 2. The normalized spacial score (nSPS) is 16.9. The monoisotopic (exact) mass is 761 g/mol. The van der Waals surface area contributed by atoms with Crippen molar-refractivity contribution in [1.82, 2.24) is 21.1 Å². The molecule has 0 unspecified atom stereocenters. The first-order valence-electron chi connectivity index (χ1n) is 18.9. The van der Waals surface area contributed by atoms with Gasteiger partial charge in [0, 0.05) is 20.1 Å². The Kier molecular flexibility index (Phi) is 17.2. The van der Waals surface area contributed by atoms with Crippen molar-refractivity contribution in [2.75, 3.05) is 13.7 Å². The maximum atomic E-state index is 14.4. The molecule has 0 saturated carbocycles. The fourth-order valence-corrected chi connectivity index (χ4v) is 6.76. The van der Waals surface area contributed by atoms with Crippen LogP contribution in [0.4, 0.5) is 0 Å². The van der Waals surface area contributed by atoms with Crippen LogP contribution in [0.5, 0.6) is 5.75 Å². The lowest BCUT2D eigenvalue weighted by molar-refractivity contribution is -0.154. The highest BCUT2D eigenvalue weighted by molar-refractivity contribution is 6.54. The van der Waals surface area contributed by atoms with Crippen LogP contribution in [0.3, 0.4) is 0 Å². The lowest BCUT2D eigenvalue weighted by Crippen LogP contribution is -2.62. The van der Waals surface area contributed by atoms with Gasteiger partial charge < -0.3 is 24.5 Å². The smallest absolute Gasteiger partial charge is 0.325 e. The van der Waals surface area contributed by atoms with Crippen molar-refractivity contribution < 1.29 is 33.1 Å². The van der Waals surface area contributed by atoms with Crippen LogP contribution in [0.15, 0.2) is 67.8 Å². The highest BCUT2D eigenvalue weighted by Crippen LogP contribution is 2.29. The topological polar surface area (TPSA) is 135 Å². The molecular formula is C42H61N4O7Si. The minimum absolute atomic E-state index is 0.00309. The van der Waals surface area contributed by atoms with Gasteiger partial charge in [0.05, 0.1) is 12.0 Å². The van der Waals surface area contributed by atoms with E-state index >= 15 is 0 Å². The molecule has 2 aromatic rings. The Morgan fingerprint density at radius 1 is 1.02 bits per heavy atom. The number of esters is 1. The molecule has 12 heteroatoms. The van der Waals surface area contributed by atoms with Gasteiger partial charge >= 0.3 is 5.97 Å². The molecule has 0 aromatic heterocycles. The molecular weight excluding hydrogens is 701 g/mol. The van der Waals surface area contributed by atoms with Crippen molar-refractivity contribution in [3.05, 3.63) is 84.5 Å². The van der Waals surface area contributed by atoms with E-state index in [0.717, 1.165) is 16.7 Å². The number of hydrazine groups is 1. The van der Waals surface area contributed by atoms with Crippen LogP contribution in [-0.4, -0.2) is 75.6 Å². The summed E-state index contributed by atoms with van der Waals surface area (Å²) in [6.07, 6.45) is 5.63. The Morgan fingerprint density at radius 2 is 1.72 bits per heavy atom. The molecule has 1 aliphatic rings. The van der Waals surface area contributed by atoms with Crippen molar-refractivity contribution in [2.45, 2.75) is 116 Å². The second kappa shape index (κ2) is 21.0. The summed E-state index contributed by atoms with van der Waals surface area (Å²) in [4.78, 5) is 55.0. The molecule has 0 aliphatic carbocycles. The van der Waals surface area contributed by atoms with Gasteiger partial charge in [0.25, 0.3) is 14.9 Å². The summed E-state index contributed by atoms with van der Waals surface area (Å²) in [6, 6.07) is 12.4. The van der Waals surface area contributed by atoms with Crippen molar-refractivity contribution >= 4 is 38.8 Å². The third kappa shape index (κ3) is 13.2. The Morgan fingerprint density at radius 3 is 2.37 bits per heavy atom. The number of carbonyl (C=O) groups is 4. The Balaban J connectivity index is 1.83. The van der Waals surface area contributed by atoms with E-state index in [1.54, 1.807) is 26.2 Å². The third-order valence-electron chi connectivity index (χ3n) is 9.76. The average molecular weight is 762 g/mol. The number of benzene rings is 2. The van der Waals surface area contributed by atoms with E-state index in [4.69, 9.17) is 13.9 Å². The molecule has 0 spiro atoms. The summed E-state index contributed by atoms with van der Waals surface area (Å²) >= 11 is 0. The van der Waals surface area contributed by atoms with Gasteiger partial charge in [0.2, 0.25) is 11.8 Å². The molecule has 2 aromatic carbocycles. The number of nitrogens with one attached hydrogen (secondary N) is 3. The Labute approximate surface area is 324 Å². The molecule has 1 fully saturated rings. The van der Waals surface area contributed by atoms with Gasteiger partial charge in [-0.1, -0.05) is 90.6 Å². The van der Waals surface area contributed by atoms with Crippen LogP contribution in [0, 0.1) is 11.8 Å². The number of methoxy groups -OCH3 is 1. The molecule has 5 atom stereocenters. The maximum Gasteiger partial charge on any atom is 0.325 e. The summed E-state index contributed by atoms with van der Waals surface area (Å²) in [5, 5.41) is 7.28. The van der Waals surface area contributed by atoms with E-state index < -0.39 is 50.9 Å². The van der Waals surface area contributed by atoms with Gasteiger partial charge in [0.15, 0.2) is 0 Å². The molecule has 1 saturated heterocycles. The number of allylic oxidation sites excluding steroid dienone is 1. The van der Waals surface area contributed by atoms with Gasteiger partial charge in [-0.05, 0) is 78.1 Å². The van der Waals surface area contributed by atoms with Crippen LogP contribution in [0.25, 0.3) is 6.08 Å². The molecule has 3 N–H and O–H groups in total. The first-order chi connectivity index (χ1) is 25.6. The quantitative estimate of drug-likeness (QED) is 0.0882.